The number of esters is 1. The fraction of sp³-hybridized carbons (Fsp3) is 0.952. The molecule has 0 unspecified atom stereocenters. The Morgan fingerprint density at radius 1 is 1.16 bits per heavy atom. The molecule has 5 aliphatic rings. The lowest BCUT2D eigenvalue weighted by Crippen LogP contribution is -2.54. The van der Waals surface area contributed by atoms with Crippen LogP contribution in [-0.2, 0) is 14.3 Å². The Hall–Kier alpha value is -0.610. The van der Waals surface area contributed by atoms with E-state index in [9.17, 15) is 4.79 Å². The average Bonchev–Trinajstić information content (AvgIpc) is 3.30. The second-order valence-corrected chi connectivity index (χ2v) is 9.76. The minimum atomic E-state index is 0.0335. The summed E-state index contributed by atoms with van der Waals surface area (Å²) in [4.78, 5) is 15.3. The van der Waals surface area contributed by atoms with Gasteiger partial charge in [0.05, 0.1) is 12.0 Å². The Kier molecular flexibility index (Phi) is 3.77. The zero-order chi connectivity index (χ0) is 17.2. The first-order valence-corrected chi connectivity index (χ1v) is 10.7. The van der Waals surface area contributed by atoms with Crippen molar-refractivity contribution in [3.8, 4) is 0 Å². The van der Waals surface area contributed by atoms with Gasteiger partial charge in [0.25, 0.3) is 0 Å². The summed E-state index contributed by atoms with van der Waals surface area (Å²) in [6.07, 6.45) is 10.4. The lowest BCUT2D eigenvalue weighted by molar-refractivity contribution is -0.146. The molecule has 25 heavy (non-hydrogen) atoms. The van der Waals surface area contributed by atoms with Crippen molar-refractivity contribution in [2.45, 2.75) is 83.0 Å². The molecule has 3 aliphatic heterocycles. The molecule has 0 bridgehead atoms. The monoisotopic (exact) mass is 347 g/mol. The number of rotatable bonds is 2. The molecule has 1 spiro atoms. The van der Waals surface area contributed by atoms with Crippen LogP contribution in [0.15, 0.2) is 0 Å². The van der Waals surface area contributed by atoms with E-state index in [0.29, 0.717) is 11.8 Å². The van der Waals surface area contributed by atoms with E-state index < -0.39 is 0 Å². The normalized spacial score (nSPS) is 52.6. The molecule has 0 N–H and O–H groups in total. The molecule has 5 fully saturated rings. The summed E-state index contributed by atoms with van der Waals surface area (Å²) in [5.41, 5.74) is 0.242. The van der Waals surface area contributed by atoms with E-state index in [1.807, 2.05) is 0 Å². The van der Waals surface area contributed by atoms with Crippen molar-refractivity contribution >= 4 is 5.97 Å². The number of carbonyl (C=O) groups excluding carboxylic acids is 1. The SMILES string of the molecule is C[C@H]1CCC[C@]2(C)C[C@H]3OC(=O)[C@H](CN4CCCCCC4)[C@H]3[C@@H]3O[C@@]132. The van der Waals surface area contributed by atoms with Crippen LogP contribution in [0.4, 0.5) is 0 Å². The number of carbonyl (C=O) groups is 1. The van der Waals surface area contributed by atoms with Crippen LogP contribution < -0.4 is 0 Å². The minimum Gasteiger partial charge on any atom is -0.462 e. The third-order valence-electron chi connectivity index (χ3n) is 8.35. The Morgan fingerprint density at radius 2 is 1.92 bits per heavy atom. The zero-order valence-electron chi connectivity index (χ0n) is 15.8. The first-order chi connectivity index (χ1) is 12.1. The van der Waals surface area contributed by atoms with E-state index >= 15 is 0 Å². The van der Waals surface area contributed by atoms with Gasteiger partial charge in [0.1, 0.15) is 11.7 Å². The average molecular weight is 347 g/mol. The molecule has 4 heteroatoms. The van der Waals surface area contributed by atoms with Gasteiger partial charge in [-0.2, -0.15) is 0 Å². The lowest BCUT2D eigenvalue weighted by Gasteiger charge is -2.49. The quantitative estimate of drug-likeness (QED) is 0.567. The summed E-state index contributed by atoms with van der Waals surface area (Å²) in [5, 5.41) is 0. The third-order valence-corrected chi connectivity index (χ3v) is 8.35. The maximum Gasteiger partial charge on any atom is 0.311 e. The first kappa shape index (κ1) is 16.6. The van der Waals surface area contributed by atoms with E-state index in [1.165, 1.54) is 44.9 Å². The van der Waals surface area contributed by atoms with Crippen molar-refractivity contribution in [2.24, 2.45) is 23.2 Å². The molecule has 0 amide bonds. The van der Waals surface area contributed by atoms with Crippen LogP contribution >= 0.6 is 0 Å². The number of epoxide rings is 1. The zero-order valence-corrected chi connectivity index (χ0v) is 15.8. The van der Waals surface area contributed by atoms with E-state index in [2.05, 4.69) is 18.7 Å². The molecule has 3 heterocycles. The minimum absolute atomic E-state index is 0.0335. The van der Waals surface area contributed by atoms with Crippen molar-refractivity contribution in [2.75, 3.05) is 19.6 Å². The number of hydrogen-bond donors (Lipinski definition) is 0. The molecular formula is C21H33NO3. The molecule has 4 nitrogen and oxygen atoms in total. The van der Waals surface area contributed by atoms with Gasteiger partial charge in [-0.25, -0.2) is 0 Å². The van der Waals surface area contributed by atoms with Crippen molar-refractivity contribution in [3.63, 3.8) is 0 Å². The van der Waals surface area contributed by atoms with Crippen molar-refractivity contribution in [1.82, 2.24) is 4.90 Å². The first-order valence-electron chi connectivity index (χ1n) is 10.7. The van der Waals surface area contributed by atoms with Crippen molar-refractivity contribution in [1.29, 1.82) is 0 Å². The van der Waals surface area contributed by atoms with Crippen LogP contribution in [0, 0.1) is 23.2 Å². The molecule has 0 aromatic carbocycles. The van der Waals surface area contributed by atoms with E-state index in [1.54, 1.807) is 0 Å². The van der Waals surface area contributed by atoms with Gasteiger partial charge >= 0.3 is 5.97 Å². The van der Waals surface area contributed by atoms with Crippen LogP contribution in [0.3, 0.4) is 0 Å². The Bertz CT molecular complexity index is 557. The summed E-state index contributed by atoms with van der Waals surface area (Å²) < 4.78 is 12.5. The number of nitrogens with zero attached hydrogens (tertiary/aromatic N) is 1. The molecule has 7 atom stereocenters. The summed E-state index contributed by atoms with van der Waals surface area (Å²) in [7, 11) is 0. The molecule has 5 rings (SSSR count). The van der Waals surface area contributed by atoms with Crippen LogP contribution in [-0.4, -0.2) is 48.3 Å². The summed E-state index contributed by atoms with van der Waals surface area (Å²) >= 11 is 0. The fourth-order valence-electron chi connectivity index (χ4n) is 7.04. The molecule has 140 valence electrons. The molecule has 0 aromatic rings. The van der Waals surface area contributed by atoms with Crippen LogP contribution in [0.25, 0.3) is 0 Å². The van der Waals surface area contributed by atoms with E-state index in [4.69, 9.17) is 9.47 Å². The fourth-order valence-corrected chi connectivity index (χ4v) is 7.04. The predicted molar refractivity (Wildman–Crippen MR) is 95.1 cm³/mol. The Labute approximate surface area is 151 Å². The standard InChI is InChI=1S/C21H33NO3/c1-14-8-7-9-20(2)12-16-17(18-21(14,20)25-18)15(19(23)24-16)13-22-10-5-3-4-6-11-22/h14-18H,3-13H2,1-2H3/t14-,15+,16+,17+,18-,20+,21-/m0/s1. The van der Waals surface area contributed by atoms with Crippen molar-refractivity contribution in [3.05, 3.63) is 0 Å². The van der Waals surface area contributed by atoms with Gasteiger partial charge in [0.15, 0.2) is 0 Å². The second kappa shape index (κ2) is 5.69. The molecular weight excluding hydrogens is 314 g/mol. The molecule has 0 aromatic heterocycles. The van der Waals surface area contributed by atoms with Gasteiger partial charge in [0.2, 0.25) is 0 Å². The van der Waals surface area contributed by atoms with E-state index in [0.717, 1.165) is 26.1 Å². The number of likely N-dealkylation sites (tertiary alicyclic amines) is 1. The molecule has 3 saturated heterocycles. The highest BCUT2D eigenvalue weighted by molar-refractivity contribution is 5.76. The molecule has 2 saturated carbocycles. The summed E-state index contributed by atoms with van der Waals surface area (Å²) in [5.74, 6) is 1.00. The summed E-state index contributed by atoms with van der Waals surface area (Å²) in [6, 6.07) is 0. The topological polar surface area (TPSA) is 42.1 Å². The Morgan fingerprint density at radius 3 is 2.68 bits per heavy atom. The number of ether oxygens (including phenoxy) is 2. The predicted octanol–water partition coefficient (Wildman–Crippen LogP) is 3.39. The van der Waals surface area contributed by atoms with Crippen molar-refractivity contribution < 1.29 is 14.3 Å². The van der Waals surface area contributed by atoms with Gasteiger partial charge in [-0.05, 0) is 51.1 Å². The maximum atomic E-state index is 12.7. The van der Waals surface area contributed by atoms with Crippen LogP contribution in [0.5, 0.6) is 0 Å². The summed E-state index contributed by atoms with van der Waals surface area (Å²) in [6.45, 7) is 7.95. The van der Waals surface area contributed by atoms with E-state index in [-0.39, 0.29) is 35.1 Å². The molecule has 0 radical (unpaired) electrons. The van der Waals surface area contributed by atoms with Crippen LogP contribution in [0.1, 0.15) is 65.2 Å². The largest absolute Gasteiger partial charge is 0.462 e. The van der Waals surface area contributed by atoms with Gasteiger partial charge in [0, 0.05) is 17.9 Å². The smallest absolute Gasteiger partial charge is 0.311 e. The van der Waals surface area contributed by atoms with Gasteiger partial charge < -0.3 is 14.4 Å². The molecule has 2 aliphatic carbocycles. The lowest BCUT2D eigenvalue weighted by atomic mass is 9.53. The van der Waals surface area contributed by atoms with Crippen LogP contribution in [0.2, 0.25) is 0 Å². The maximum absolute atomic E-state index is 12.7. The van der Waals surface area contributed by atoms with Gasteiger partial charge in [-0.15, -0.1) is 0 Å². The second-order valence-electron chi connectivity index (χ2n) is 9.76. The number of fused-ring (bicyclic) bond motifs is 2. The van der Waals surface area contributed by atoms with Gasteiger partial charge in [-0.3, -0.25) is 4.79 Å². The Balaban J connectivity index is 1.38. The van der Waals surface area contributed by atoms with Gasteiger partial charge in [-0.1, -0.05) is 33.1 Å². The highest BCUT2D eigenvalue weighted by atomic mass is 16.6. The highest BCUT2D eigenvalue weighted by Crippen LogP contribution is 2.70. The number of hydrogen-bond acceptors (Lipinski definition) is 4. The highest BCUT2D eigenvalue weighted by Gasteiger charge is 2.78. The third kappa shape index (κ3) is 2.29.